The lowest BCUT2D eigenvalue weighted by Gasteiger charge is -2.32. The van der Waals surface area contributed by atoms with Gasteiger partial charge in [0.15, 0.2) is 0 Å². The highest BCUT2D eigenvalue weighted by atomic mass is 35.5. The van der Waals surface area contributed by atoms with Crippen molar-refractivity contribution in [3.63, 3.8) is 0 Å². The minimum Gasteiger partial charge on any atom is -0.394 e. The fourth-order valence-electron chi connectivity index (χ4n) is 4.13. The van der Waals surface area contributed by atoms with E-state index >= 15 is 0 Å². The Morgan fingerprint density at radius 3 is 2.67 bits per heavy atom. The van der Waals surface area contributed by atoms with Crippen molar-refractivity contribution in [1.29, 1.82) is 0 Å². The number of aromatic nitrogens is 1. The molecule has 1 saturated carbocycles. The second-order valence-electron chi connectivity index (χ2n) is 6.51. The highest BCUT2D eigenvalue weighted by Crippen LogP contribution is 2.53. The van der Waals surface area contributed by atoms with E-state index in [1.54, 1.807) is 4.57 Å². The largest absolute Gasteiger partial charge is 0.394 e. The lowest BCUT2D eigenvalue weighted by atomic mass is 9.71. The van der Waals surface area contributed by atoms with Gasteiger partial charge in [-0.3, -0.25) is 4.79 Å². The Bertz CT molecular complexity index is 865. The lowest BCUT2D eigenvalue weighted by molar-refractivity contribution is 0.143. The molecule has 0 spiro atoms. The van der Waals surface area contributed by atoms with Crippen molar-refractivity contribution >= 4 is 11.6 Å². The Balaban J connectivity index is 1.90. The molecule has 1 aliphatic carbocycles. The molecule has 1 N–H and O–H groups in total. The van der Waals surface area contributed by atoms with Crippen molar-refractivity contribution in [3.8, 4) is 11.1 Å². The molecule has 1 fully saturated rings. The van der Waals surface area contributed by atoms with Crippen molar-refractivity contribution in [1.82, 2.24) is 4.57 Å². The number of hydrogen-bond donors (Lipinski definition) is 1. The SMILES string of the molecule is O=c1cc(-c2cc(Cl)ccc2C(F)F)cc2n1[C@H](CO)[C@H]1CC[C@@H]21. The summed E-state index contributed by atoms with van der Waals surface area (Å²) in [7, 11) is 0. The molecule has 0 saturated heterocycles. The third-order valence-electron chi connectivity index (χ3n) is 5.38. The molecule has 2 aliphatic rings. The zero-order valence-corrected chi connectivity index (χ0v) is 13.5. The van der Waals surface area contributed by atoms with E-state index in [0.29, 0.717) is 16.1 Å². The number of halogens is 3. The smallest absolute Gasteiger partial charge is 0.264 e. The van der Waals surface area contributed by atoms with Gasteiger partial charge in [0.2, 0.25) is 0 Å². The maximum Gasteiger partial charge on any atom is 0.264 e. The molecule has 6 heteroatoms. The summed E-state index contributed by atoms with van der Waals surface area (Å²) in [5, 5.41) is 9.97. The summed E-state index contributed by atoms with van der Waals surface area (Å²) >= 11 is 5.98. The quantitative estimate of drug-likeness (QED) is 0.902. The number of alkyl halides is 2. The Kier molecular flexibility index (Phi) is 3.73. The summed E-state index contributed by atoms with van der Waals surface area (Å²) in [5.74, 6) is 0.496. The molecule has 0 amide bonds. The fourth-order valence-corrected chi connectivity index (χ4v) is 4.30. The molecule has 1 aromatic heterocycles. The molecule has 2 heterocycles. The summed E-state index contributed by atoms with van der Waals surface area (Å²) in [6.07, 6.45) is -0.706. The summed E-state index contributed by atoms with van der Waals surface area (Å²) in [5.41, 5.74) is 1.21. The monoisotopic (exact) mass is 351 g/mol. The van der Waals surface area contributed by atoms with Gasteiger partial charge in [-0.2, -0.15) is 0 Å². The van der Waals surface area contributed by atoms with Crippen LogP contribution in [-0.4, -0.2) is 16.3 Å². The minimum atomic E-state index is -2.64. The van der Waals surface area contributed by atoms with Gasteiger partial charge in [-0.25, -0.2) is 8.78 Å². The van der Waals surface area contributed by atoms with Crippen LogP contribution in [0.25, 0.3) is 11.1 Å². The molecule has 4 rings (SSSR count). The van der Waals surface area contributed by atoms with Gasteiger partial charge in [-0.15, -0.1) is 0 Å². The van der Waals surface area contributed by atoms with Crippen LogP contribution in [0.2, 0.25) is 5.02 Å². The van der Waals surface area contributed by atoms with Crippen LogP contribution in [0.5, 0.6) is 0 Å². The lowest BCUT2D eigenvalue weighted by Crippen LogP contribution is -2.29. The maximum atomic E-state index is 13.3. The van der Waals surface area contributed by atoms with Crippen molar-refractivity contribution in [2.75, 3.05) is 6.61 Å². The number of aliphatic hydroxyl groups is 1. The number of nitrogens with zero attached hydrogens (tertiary/aromatic N) is 1. The highest BCUT2D eigenvalue weighted by molar-refractivity contribution is 6.30. The number of aliphatic hydroxyl groups excluding tert-OH is 1. The van der Waals surface area contributed by atoms with Gasteiger partial charge in [0.1, 0.15) is 0 Å². The normalized spacial score (nSPS) is 24.6. The van der Waals surface area contributed by atoms with Gasteiger partial charge in [0.05, 0.1) is 12.6 Å². The Morgan fingerprint density at radius 2 is 2.04 bits per heavy atom. The van der Waals surface area contributed by atoms with Crippen LogP contribution >= 0.6 is 11.6 Å². The first-order chi connectivity index (χ1) is 11.5. The van der Waals surface area contributed by atoms with Crippen molar-refractivity contribution in [3.05, 3.63) is 57.0 Å². The van der Waals surface area contributed by atoms with E-state index in [4.69, 9.17) is 11.6 Å². The third kappa shape index (κ3) is 2.22. The Labute approximate surface area is 142 Å². The molecule has 1 aliphatic heterocycles. The van der Waals surface area contributed by atoms with Crippen LogP contribution < -0.4 is 5.56 Å². The van der Waals surface area contributed by atoms with Gasteiger partial charge in [0.25, 0.3) is 12.0 Å². The molecule has 0 radical (unpaired) electrons. The Morgan fingerprint density at radius 1 is 1.25 bits per heavy atom. The molecule has 2 aromatic rings. The summed E-state index contributed by atoms with van der Waals surface area (Å²) < 4.78 is 28.3. The Hall–Kier alpha value is -1.72. The average Bonchev–Trinajstić information content (AvgIpc) is 2.72. The second-order valence-corrected chi connectivity index (χ2v) is 6.94. The van der Waals surface area contributed by atoms with E-state index in [1.165, 1.54) is 24.3 Å². The summed E-state index contributed by atoms with van der Waals surface area (Å²) in [6.45, 7) is -0.0765. The van der Waals surface area contributed by atoms with Crippen LogP contribution in [0.4, 0.5) is 8.78 Å². The first-order valence-corrected chi connectivity index (χ1v) is 8.34. The zero-order chi connectivity index (χ0) is 17.0. The van der Waals surface area contributed by atoms with Crippen molar-refractivity contribution < 1.29 is 13.9 Å². The number of benzene rings is 1. The predicted molar refractivity (Wildman–Crippen MR) is 87.7 cm³/mol. The van der Waals surface area contributed by atoms with E-state index < -0.39 is 6.43 Å². The van der Waals surface area contributed by atoms with E-state index in [-0.39, 0.29) is 35.6 Å². The summed E-state index contributed by atoms with van der Waals surface area (Å²) in [4.78, 5) is 12.6. The molecule has 3 atom stereocenters. The van der Waals surface area contributed by atoms with Gasteiger partial charge in [-0.1, -0.05) is 17.7 Å². The highest BCUT2D eigenvalue weighted by Gasteiger charge is 2.46. The van der Waals surface area contributed by atoms with Crippen molar-refractivity contribution in [2.45, 2.75) is 31.2 Å². The third-order valence-corrected chi connectivity index (χ3v) is 5.62. The number of fused-ring (bicyclic) bond motifs is 3. The second kappa shape index (κ2) is 5.67. The zero-order valence-electron chi connectivity index (χ0n) is 12.8. The molecular weight excluding hydrogens is 336 g/mol. The molecule has 3 nitrogen and oxygen atoms in total. The number of rotatable bonds is 3. The van der Waals surface area contributed by atoms with Crippen LogP contribution in [0.15, 0.2) is 35.1 Å². The predicted octanol–water partition coefficient (Wildman–Crippen LogP) is 4.15. The van der Waals surface area contributed by atoms with Crippen LogP contribution in [0.3, 0.4) is 0 Å². The van der Waals surface area contributed by atoms with E-state index in [9.17, 15) is 18.7 Å². The molecular formula is C18H16ClF2NO2. The first kappa shape index (κ1) is 15.8. The minimum absolute atomic E-state index is 0.0765. The maximum absolute atomic E-state index is 13.3. The van der Waals surface area contributed by atoms with Crippen LogP contribution in [-0.2, 0) is 0 Å². The van der Waals surface area contributed by atoms with E-state index in [2.05, 4.69) is 0 Å². The molecule has 0 unspecified atom stereocenters. The van der Waals surface area contributed by atoms with E-state index in [0.717, 1.165) is 18.5 Å². The number of hydrogen-bond acceptors (Lipinski definition) is 2. The molecule has 126 valence electrons. The average molecular weight is 352 g/mol. The topological polar surface area (TPSA) is 42.2 Å². The molecule has 1 aromatic carbocycles. The van der Waals surface area contributed by atoms with Crippen LogP contribution in [0.1, 0.15) is 42.5 Å². The van der Waals surface area contributed by atoms with Gasteiger partial charge in [-0.05, 0) is 48.1 Å². The van der Waals surface area contributed by atoms with Gasteiger partial charge in [0, 0.05) is 28.3 Å². The molecule has 24 heavy (non-hydrogen) atoms. The molecule has 0 bridgehead atoms. The van der Waals surface area contributed by atoms with Crippen LogP contribution in [0, 0.1) is 5.92 Å². The van der Waals surface area contributed by atoms with E-state index in [1.807, 2.05) is 6.07 Å². The van der Waals surface area contributed by atoms with Gasteiger partial charge < -0.3 is 9.67 Å². The standard InChI is InChI=1S/C18H16ClF2NO2/c19-10-1-2-13(18(20)21)14(7-10)9-5-15-11-3-4-12(11)16(8-23)22(15)17(24)6-9/h1-2,5-7,11-12,16,18,23H,3-4,8H2/t11-,12+,16-/m1/s1. The number of pyridine rings is 1. The van der Waals surface area contributed by atoms with Gasteiger partial charge >= 0.3 is 0 Å². The first-order valence-electron chi connectivity index (χ1n) is 7.96. The fraction of sp³-hybridized carbons (Fsp3) is 0.389. The van der Waals surface area contributed by atoms with Crippen molar-refractivity contribution in [2.24, 2.45) is 5.92 Å². The summed E-state index contributed by atoms with van der Waals surface area (Å²) in [6, 6.07) is 7.19.